The molecule has 0 fully saturated rings. The van der Waals surface area contributed by atoms with E-state index in [1.54, 1.807) is 38.5 Å². The van der Waals surface area contributed by atoms with Crippen molar-refractivity contribution >= 4 is 17.5 Å². The average Bonchev–Trinajstić information content (AvgIpc) is 3.27. The van der Waals surface area contributed by atoms with Crippen LogP contribution in [0.3, 0.4) is 0 Å². The highest BCUT2D eigenvalue weighted by Gasteiger charge is 2.12. The van der Waals surface area contributed by atoms with E-state index in [0.717, 1.165) is 11.3 Å². The molecule has 0 unspecified atom stereocenters. The Morgan fingerprint density at radius 3 is 2.55 bits per heavy atom. The van der Waals surface area contributed by atoms with Gasteiger partial charge in [0.1, 0.15) is 11.5 Å². The predicted octanol–water partition coefficient (Wildman–Crippen LogP) is 2.30. The SMILES string of the molecule is COc1cccc(CCC(=O)NCCn2cc(C(=O)Nc3cccc(OC)c3)nn2)c1. The number of nitrogens with one attached hydrogen (secondary N) is 2. The third-order valence-corrected chi connectivity index (χ3v) is 4.54. The van der Waals surface area contributed by atoms with Gasteiger partial charge in [-0.3, -0.25) is 9.59 Å². The van der Waals surface area contributed by atoms with Gasteiger partial charge in [0.2, 0.25) is 5.91 Å². The monoisotopic (exact) mass is 423 g/mol. The summed E-state index contributed by atoms with van der Waals surface area (Å²) in [4.78, 5) is 24.4. The van der Waals surface area contributed by atoms with Crippen molar-refractivity contribution in [2.45, 2.75) is 19.4 Å². The highest BCUT2D eigenvalue weighted by atomic mass is 16.5. The number of benzene rings is 2. The summed E-state index contributed by atoms with van der Waals surface area (Å²) in [6.45, 7) is 0.793. The fraction of sp³-hybridized carbons (Fsp3) is 0.273. The second-order valence-electron chi connectivity index (χ2n) is 6.75. The first kappa shape index (κ1) is 21.8. The molecule has 3 aromatic rings. The number of anilines is 1. The topological polar surface area (TPSA) is 107 Å². The lowest BCUT2D eigenvalue weighted by Crippen LogP contribution is -2.27. The molecule has 9 nitrogen and oxygen atoms in total. The van der Waals surface area contributed by atoms with Crippen LogP contribution < -0.4 is 20.1 Å². The van der Waals surface area contributed by atoms with Gasteiger partial charge in [-0.05, 0) is 36.2 Å². The van der Waals surface area contributed by atoms with Crippen LogP contribution in [0.2, 0.25) is 0 Å². The van der Waals surface area contributed by atoms with E-state index in [4.69, 9.17) is 9.47 Å². The molecule has 2 N–H and O–H groups in total. The smallest absolute Gasteiger partial charge is 0.277 e. The van der Waals surface area contributed by atoms with Crippen molar-refractivity contribution in [3.05, 3.63) is 66.0 Å². The Bertz CT molecular complexity index is 1030. The van der Waals surface area contributed by atoms with E-state index >= 15 is 0 Å². The van der Waals surface area contributed by atoms with Gasteiger partial charge in [0.05, 0.1) is 27.0 Å². The number of aryl methyl sites for hydroxylation is 1. The van der Waals surface area contributed by atoms with E-state index in [2.05, 4.69) is 20.9 Å². The van der Waals surface area contributed by atoms with Gasteiger partial charge in [-0.15, -0.1) is 5.10 Å². The summed E-state index contributed by atoms with van der Waals surface area (Å²) in [5.74, 6) is 0.986. The standard InChI is InChI=1S/C22H25N5O4/c1-30-18-7-3-5-16(13-18)9-10-21(28)23-11-12-27-15-20(25-26-27)22(29)24-17-6-4-8-19(14-17)31-2/h3-8,13-15H,9-12H2,1-2H3,(H,23,28)(H,24,29). The maximum absolute atomic E-state index is 12.3. The molecule has 2 aromatic carbocycles. The van der Waals surface area contributed by atoms with Crippen LogP contribution in [0.5, 0.6) is 11.5 Å². The molecule has 0 aliphatic heterocycles. The molecular weight excluding hydrogens is 398 g/mol. The molecular formula is C22H25N5O4. The Labute approximate surface area is 180 Å². The number of hydrogen-bond donors (Lipinski definition) is 2. The number of amides is 2. The highest BCUT2D eigenvalue weighted by molar-refractivity contribution is 6.02. The third-order valence-electron chi connectivity index (χ3n) is 4.54. The van der Waals surface area contributed by atoms with Crippen LogP contribution in [0.4, 0.5) is 5.69 Å². The Morgan fingerprint density at radius 2 is 1.77 bits per heavy atom. The summed E-state index contributed by atoms with van der Waals surface area (Å²) < 4.78 is 11.8. The van der Waals surface area contributed by atoms with Gasteiger partial charge in [-0.1, -0.05) is 23.4 Å². The number of rotatable bonds is 10. The molecule has 0 bridgehead atoms. The summed E-state index contributed by atoms with van der Waals surface area (Å²) in [6.07, 6.45) is 2.54. The first-order valence-corrected chi connectivity index (χ1v) is 9.82. The fourth-order valence-corrected chi connectivity index (χ4v) is 2.89. The molecule has 1 heterocycles. The summed E-state index contributed by atoms with van der Waals surface area (Å²) in [7, 11) is 3.17. The molecule has 0 aliphatic rings. The number of nitrogens with zero attached hydrogens (tertiary/aromatic N) is 3. The number of carbonyl (C=O) groups is 2. The first-order valence-electron chi connectivity index (χ1n) is 9.82. The zero-order valence-corrected chi connectivity index (χ0v) is 17.5. The van der Waals surface area contributed by atoms with Crippen molar-refractivity contribution in [3.63, 3.8) is 0 Å². The number of hydrogen-bond acceptors (Lipinski definition) is 6. The third kappa shape index (κ3) is 6.56. The zero-order chi connectivity index (χ0) is 22.1. The molecule has 162 valence electrons. The number of aromatic nitrogens is 3. The van der Waals surface area contributed by atoms with Gasteiger partial charge in [-0.25, -0.2) is 4.68 Å². The fourth-order valence-electron chi connectivity index (χ4n) is 2.89. The highest BCUT2D eigenvalue weighted by Crippen LogP contribution is 2.17. The molecule has 0 atom stereocenters. The Kier molecular flexibility index (Phi) is 7.58. The zero-order valence-electron chi connectivity index (χ0n) is 17.5. The van der Waals surface area contributed by atoms with E-state index < -0.39 is 0 Å². The molecule has 9 heteroatoms. The average molecular weight is 423 g/mol. The summed E-state index contributed by atoms with van der Waals surface area (Å²) in [5.41, 5.74) is 1.83. The lowest BCUT2D eigenvalue weighted by atomic mass is 10.1. The Morgan fingerprint density at radius 1 is 1.03 bits per heavy atom. The van der Waals surface area contributed by atoms with Gasteiger partial charge >= 0.3 is 0 Å². The first-order chi connectivity index (χ1) is 15.1. The van der Waals surface area contributed by atoms with Crippen molar-refractivity contribution < 1.29 is 19.1 Å². The minimum atomic E-state index is -0.373. The minimum absolute atomic E-state index is 0.0565. The number of methoxy groups -OCH3 is 2. The van der Waals surface area contributed by atoms with Gasteiger partial charge in [0.25, 0.3) is 5.91 Å². The van der Waals surface area contributed by atoms with E-state index in [9.17, 15) is 9.59 Å². The van der Waals surface area contributed by atoms with Gasteiger partial charge in [0, 0.05) is 24.7 Å². The summed E-state index contributed by atoms with van der Waals surface area (Å²) >= 11 is 0. The maximum atomic E-state index is 12.3. The largest absolute Gasteiger partial charge is 0.497 e. The van der Waals surface area contributed by atoms with E-state index in [-0.39, 0.29) is 17.5 Å². The lowest BCUT2D eigenvalue weighted by molar-refractivity contribution is -0.121. The molecule has 0 saturated carbocycles. The Balaban J connectivity index is 1.42. The molecule has 3 rings (SSSR count). The van der Waals surface area contributed by atoms with Crippen molar-refractivity contribution in [1.29, 1.82) is 0 Å². The Hall–Kier alpha value is -3.88. The molecule has 2 amide bonds. The lowest BCUT2D eigenvalue weighted by Gasteiger charge is -2.06. The molecule has 0 aliphatic carbocycles. The van der Waals surface area contributed by atoms with Gasteiger partial charge < -0.3 is 20.1 Å². The van der Waals surface area contributed by atoms with E-state index in [1.807, 2.05) is 24.3 Å². The van der Waals surface area contributed by atoms with E-state index in [0.29, 0.717) is 37.4 Å². The van der Waals surface area contributed by atoms with Crippen LogP contribution in [0, 0.1) is 0 Å². The number of ether oxygens (including phenoxy) is 2. The van der Waals surface area contributed by atoms with Crippen molar-refractivity contribution in [2.24, 2.45) is 0 Å². The van der Waals surface area contributed by atoms with Crippen LogP contribution >= 0.6 is 0 Å². The predicted molar refractivity (Wildman–Crippen MR) is 115 cm³/mol. The van der Waals surface area contributed by atoms with Crippen LogP contribution in [-0.4, -0.2) is 47.6 Å². The summed E-state index contributed by atoms with van der Waals surface area (Å²) in [6, 6.07) is 14.7. The molecule has 0 radical (unpaired) electrons. The quantitative estimate of drug-likeness (QED) is 0.518. The van der Waals surface area contributed by atoms with Crippen LogP contribution in [0.15, 0.2) is 54.7 Å². The second-order valence-corrected chi connectivity index (χ2v) is 6.75. The van der Waals surface area contributed by atoms with Crippen LogP contribution in [0.1, 0.15) is 22.5 Å². The second kappa shape index (κ2) is 10.8. The van der Waals surface area contributed by atoms with Gasteiger partial charge in [-0.2, -0.15) is 0 Å². The summed E-state index contributed by atoms with van der Waals surface area (Å²) in [5, 5.41) is 13.4. The molecule has 0 spiro atoms. The van der Waals surface area contributed by atoms with Crippen molar-refractivity contribution in [3.8, 4) is 11.5 Å². The molecule has 1 aromatic heterocycles. The van der Waals surface area contributed by atoms with Crippen LogP contribution in [-0.2, 0) is 17.8 Å². The molecule has 31 heavy (non-hydrogen) atoms. The van der Waals surface area contributed by atoms with Gasteiger partial charge in [0.15, 0.2) is 5.69 Å². The van der Waals surface area contributed by atoms with E-state index in [1.165, 1.54) is 10.9 Å². The number of carbonyl (C=O) groups excluding carboxylic acids is 2. The normalized spacial score (nSPS) is 10.4. The minimum Gasteiger partial charge on any atom is -0.497 e. The van der Waals surface area contributed by atoms with Crippen molar-refractivity contribution in [1.82, 2.24) is 20.3 Å². The van der Waals surface area contributed by atoms with Crippen molar-refractivity contribution in [2.75, 3.05) is 26.1 Å². The maximum Gasteiger partial charge on any atom is 0.277 e. The molecule has 0 saturated heterocycles. The van der Waals surface area contributed by atoms with Crippen LogP contribution in [0.25, 0.3) is 0 Å².